The van der Waals surface area contributed by atoms with Crippen molar-refractivity contribution >= 4 is 20.0 Å². The molecule has 0 heterocycles. The van der Waals surface area contributed by atoms with Crippen molar-refractivity contribution in [3.8, 4) is 0 Å². The highest BCUT2D eigenvalue weighted by Gasteiger charge is 2.19. The van der Waals surface area contributed by atoms with E-state index >= 15 is 0 Å². The SMILES string of the molecule is CS(=O)(=O)c1ccc(F)c(S(=O)(=O)O)c1. The minimum atomic E-state index is -4.76. The maximum Gasteiger partial charge on any atom is 0.297 e. The third kappa shape index (κ3) is 2.74. The van der Waals surface area contributed by atoms with Crippen LogP contribution in [0.1, 0.15) is 0 Å². The van der Waals surface area contributed by atoms with Crippen molar-refractivity contribution in [1.82, 2.24) is 0 Å². The van der Waals surface area contributed by atoms with Crippen LogP contribution in [0.4, 0.5) is 4.39 Å². The summed E-state index contributed by atoms with van der Waals surface area (Å²) in [5.41, 5.74) is 0. The molecule has 0 saturated carbocycles. The molecule has 0 amide bonds. The fourth-order valence-corrected chi connectivity index (χ4v) is 2.22. The van der Waals surface area contributed by atoms with Crippen molar-refractivity contribution < 1.29 is 25.8 Å². The molecule has 5 nitrogen and oxygen atoms in total. The highest BCUT2D eigenvalue weighted by atomic mass is 32.2. The van der Waals surface area contributed by atoms with Crippen molar-refractivity contribution in [1.29, 1.82) is 0 Å². The van der Waals surface area contributed by atoms with Crippen LogP contribution in [-0.4, -0.2) is 27.6 Å². The van der Waals surface area contributed by atoms with E-state index in [1.54, 1.807) is 0 Å². The van der Waals surface area contributed by atoms with Crippen molar-refractivity contribution in [2.45, 2.75) is 9.79 Å². The van der Waals surface area contributed by atoms with Crippen LogP contribution in [0.3, 0.4) is 0 Å². The van der Waals surface area contributed by atoms with Crippen molar-refractivity contribution in [2.24, 2.45) is 0 Å². The third-order valence-corrected chi connectivity index (χ3v) is 3.59. The van der Waals surface area contributed by atoms with Gasteiger partial charge in [0.2, 0.25) is 0 Å². The maximum absolute atomic E-state index is 12.9. The van der Waals surface area contributed by atoms with Gasteiger partial charge in [-0.2, -0.15) is 8.42 Å². The van der Waals surface area contributed by atoms with Gasteiger partial charge >= 0.3 is 0 Å². The molecule has 0 aliphatic carbocycles. The van der Waals surface area contributed by atoms with Crippen LogP contribution in [0.2, 0.25) is 0 Å². The Morgan fingerprint density at radius 2 is 1.73 bits per heavy atom. The van der Waals surface area contributed by atoms with Gasteiger partial charge in [-0.15, -0.1) is 0 Å². The Morgan fingerprint density at radius 3 is 2.13 bits per heavy atom. The lowest BCUT2D eigenvalue weighted by Gasteiger charge is -2.02. The Bertz CT molecular complexity index is 588. The first kappa shape index (κ1) is 12.1. The van der Waals surface area contributed by atoms with Crippen LogP contribution in [0.5, 0.6) is 0 Å². The Hall–Kier alpha value is -0.990. The molecule has 1 aromatic carbocycles. The van der Waals surface area contributed by atoms with E-state index in [9.17, 15) is 21.2 Å². The Labute approximate surface area is 86.2 Å². The van der Waals surface area contributed by atoms with Gasteiger partial charge in [0.15, 0.2) is 9.84 Å². The summed E-state index contributed by atoms with van der Waals surface area (Å²) in [6, 6.07) is 2.15. The fourth-order valence-electron chi connectivity index (χ4n) is 0.912. The Kier molecular flexibility index (Phi) is 2.85. The lowest BCUT2D eigenvalue weighted by molar-refractivity contribution is 0.473. The summed E-state index contributed by atoms with van der Waals surface area (Å²) >= 11 is 0. The van der Waals surface area contributed by atoms with Crippen molar-refractivity contribution in [2.75, 3.05) is 6.26 Å². The first-order chi connectivity index (χ1) is 6.62. The predicted molar refractivity (Wildman–Crippen MR) is 49.3 cm³/mol. The first-order valence-corrected chi connectivity index (χ1v) is 6.92. The molecular weight excluding hydrogens is 247 g/mol. The van der Waals surface area contributed by atoms with E-state index in [-0.39, 0.29) is 4.90 Å². The monoisotopic (exact) mass is 254 g/mol. The molecule has 8 heteroatoms. The Morgan fingerprint density at radius 1 is 1.20 bits per heavy atom. The molecule has 0 fully saturated rings. The van der Waals surface area contributed by atoms with Gasteiger partial charge in [-0.3, -0.25) is 4.55 Å². The number of sulfone groups is 1. The molecular formula is C7H7FO5S2. The molecule has 0 atom stereocenters. The average Bonchev–Trinajstić information content (AvgIpc) is 2.00. The van der Waals surface area contributed by atoms with Crippen LogP contribution in [0, 0.1) is 5.82 Å². The molecule has 0 unspecified atom stereocenters. The summed E-state index contributed by atoms with van der Waals surface area (Å²) in [6.45, 7) is 0. The molecule has 0 aromatic heterocycles. The smallest absolute Gasteiger partial charge is 0.282 e. The van der Waals surface area contributed by atoms with Crippen LogP contribution in [-0.2, 0) is 20.0 Å². The zero-order chi connectivity index (χ0) is 11.9. The minimum absolute atomic E-state index is 0.378. The van der Waals surface area contributed by atoms with Crippen LogP contribution in [0.25, 0.3) is 0 Å². The second kappa shape index (κ2) is 3.54. The van der Waals surface area contributed by atoms with E-state index in [1.165, 1.54) is 0 Å². The van der Waals surface area contributed by atoms with E-state index in [1.807, 2.05) is 0 Å². The summed E-state index contributed by atoms with van der Waals surface area (Å²) in [6.07, 6.45) is 0.841. The summed E-state index contributed by atoms with van der Waals surface area (Å²) in [4.78, 5) is -1.43. The van der Waals surface area contributed by atoms with E-state index in [2.05, 4.69) is 0 Å². The van der Waals surface area contributed by atoms with E-state index < -0.39 is 30.7 Å². The molecule has 0 spiro atoms. The van der Waals surface area contributed by atoms with Gasteiger partial charge in [0.25, 0.3) is 10.1 Å². The normalized spacial score (nSPS) is 12.7. The molecule has 0 saturated heterocycles. The quantitative estimate of drug-likeness (QED) is 0.612. The van der Waals surface area contributed by atoms with Crippen LogP contribution >= 0.6 is 0 Å². The molecule has 15 heavy (non-hydrogen) atoms. The average molecular weight is 254 g/mol. The standard InChI is InChI=1S/C7H7FO5S2/c1-14(9,10)5-2-3-6(8)7(4-5)15(11,12)13/h2-4H,1H3,(H,11,12,13). The zero-order valence-corrected chi connectivity index (χ0v) is 9.14. The van der Waals surface area contributed by atoms with Gasteiger partial charge < -0.3 is 0 Å². The zero-order valence-electron chi connectivity index (χ0n) is 7.51. The molecule has 0 radical (unpaired) electrons. The first-order valence-electron chi connectivity index (χ1n) is 3.59. The van der Waals surface area contributed by atoms with Gasteiger partial charge in [-0.25, -0.2) is 12.8 Å². The highest BCUT2D eigenvalue weighted by Crippen LogP contribution is 2.18. The van der Waals surface area contributed by atoms with Gasteiger partial charge in [0.05, 0.1) is 4.90 Å². The second-order valence-corrected chi connectivity index (χ2v) is 6.25. The fraction of sp³-hybridized carbons (Fsp3) is 0.143. The number of halogens is 1. The third-order valence-electron chi connectivity index (χ3n) is 1.61. The molecule has 0 aliphatic rings. The second-order valence-electron chi connectivity index (χ2n) is 2.84. The van der Waals surface area contributed by atoms with E-state index in [0.717, 1.165) is 12.3 Å². The molecule has 1 rings (SSSR count). The maximum atomic E-state index is 12.9. The molecule has 1 aromatic rings. The molecule has 0 aliphatic heterocycles. The minimum Gasteiger partial charge on any atom is -0.282 e. The van der Waals surface area contributed by atoms with Gasteiger partial charge in [0.1, 0.15) is 10.7 Å². The number of rotatable bonds is 2. The van der Waals surface area contributed by atoms with Gasteiger partial charge in [0, 0.05) is 6.26 Å². The lowest BCUT2D eigenvalue weighted by Crippen LogP contribution is -2.05. The highest BCUT2D eigenvalue weighted by molar-refractivity contribution is 7.90. The summed E-state index contributed by atoms with van der Waals surface area (Å²) in [5, 5.41) is 0. The molecule has 1 N–H and O–H groups in total. The van der Waals surface area contributed by atoms with Gasteiger partial charge in [-0.05, 0) is 18.2 Å². The lowest BCUT2D eigenvalue weighted by atomic mass is 10.3. The number of benzene rings is 1. The summed E-state index contributed by atoms with van der Waals surface area (Å²) in [5.74, 6) is -1.20. The topological polar surface area (TPSA) is 88.5 Å². The van der Waals surface area contributed by atoms with E-state index in [4.69, 9.17) is 4.55 Å². The molecule has 0 bridgehead atoms. The van der Waals surface area contributed by atoms with Crippen molar-refractivity contribution in [3.05, 3.63) is 24.0 Å². The summed E-state index contributed by atoms with van der Waals surface area (Å²) in [7, 11) is -8.40. The van der Waals surface area contributed by atoms with Crippen LogP contribution in [0.15, 0.2) is 28.0 Å². The number of hydrogen-bond acceptors (Lipinski definition) is 4. The Balaban J connectivity index is 3.57. The van der Waals surface area contributed by atoms with E-state index in [0.29, 0.717) is 12.1 Å². The van der Waals surface area contributed by atoms with Crippen LogP contribution < -0.4 is 0 Å². The predicted octanol–water partition coefficient (Wildman–Crippen LogP) is 0.476. The summed E-state index contributed by atoms with van der Waals surface area (Å²) < 4.78 is 64.9. The largest absolute Gasteiger partial charge is 0.297 e. The molecule has 84 valence electrons. The number of hydrogen-bond donors (Lipinski definition) is 1. The van der Waals surface area contributed by atoms with Gasteiger partial charge in [-0.1, -0.05) is 0 Å². The van der Waals surface area contributed by atoms with Crippen molar-refractivity contribution in [3.63, 3.8) is 0 Å².